The highest BCUT2D eigenvalue weighted by Crippen LogP contribution is 2.33. The molecule has 7 heteroatoms. The van der Waals surface area contributed by atoms with Crippen molar-refractivity contribution in [1.29, 1.82) is 5.41 Å². The molecule has 0 aromatic heterocycles. The van der Waals surface area contributed by atoms with Gasteiger partial charge in [-0.25, -0.2) is 10.0 Å². The Bertz CT molecular complexity index is 686. The topological polar surface area (TPSA) is 97.8 Å². The monoisotopic (exact) mass is 298 g/mol. The number of amides is 1. The van der Waals surface area contributed by atoms with Crippen LogP contribution in [0.1, 0.15) is 18.4 Å². The number of carbonyl (C=O) groups excluding carboxylic acids is 1. The highest BCUT2D eigenvalue weighted by atomic mass is 16.2. The number of aryl methyl sites for hydroxylation is 1. The Morgan fingerprint density at radius 2 is 2.05 bits per heavy atom. The van der Waals surface area contributed by atoms with Crippen LogP contribution in [0.2, 0.25) is 0 Å². The Kier molecular flexibility index (Phi) is 2.82. The van der Waals surface area contributed by atoms with Crippen LogP contribution in [0.25, 0.3) is 0 Å². The smallest absolute Gasteiger partial charge is 0.294 e. The lowest BCUT2D eigenvalue weighted by molar-refractivity contribution is -0.129. The van der Waals surface area contributed by atoms with E-state index < -0.39 is 0 Å². The van der Waals surface area contributed by atoms with Crippen LogP contribution in [-0.4, -0.2) is 47.1 Å². The van der Waals surface area contributed by atoms with Crippen LogP contribution in [-0.2, 0) is 11.2 Å². The molecule has 2 saturated heterocycles. The second-order valence-corrected chi connectivity index (χ2v) is 5.81. The fourth-order valence-corrected chi connectivity index (χ4v) is 3.24. The van der Waals surface area contributed by atoms with Crippen molar-refractivity contribution in [3.05, 3.63) is 17.7 Å². The number of nitrogen functional groups attached to an aromatic ring is 1. The van der Waals surface area contributed by atoms with Gasteiger partial charge in [-0.15, -0.1) is 0 Å². The zero-order chi connectivity index (χ0) is 15.3. The lowest BCUT2D eigenvalue weighted by Crippen LogP contribution is -2.33. The Morgan fingerprint density at radius 3 is 2.86 bits per heavy atom. The molecule has 1 amide bonds. The highest BCUT2D eigenvalue weighted by Gasteiger charge is 2.42. The molecule has 3 aliphatic heterocycles. The van der Waals surface area contributed by atoms with Crippen molar-refractivity contribution in [2.24, 2.45) is 4.99 Å². The minimum atomic E-state index is -0.197. The second-order valence-electron chi connectivity index (χ2n) is 5.81. The number of hydrogen-bond donors (Lipinski definition) is 3. The molecule has 7 nitrogen and oxygen atoms in total. The lowest BCUT2D eigenvalue weighted by atomic mass is 10.0. The number of carbonyl (C=O) groups is 1. The van der Waals surface area contributed by atoms with E-state index in [1.807, 2.05) is 12.1 Å². The second kappa shape index (κ2) is 4.72. The van der Waals surface area contributed by atoms with Gasteiger partial charge in [0.15, 0.2) is 11.5 Å². The number of amidine groups is 1. The molecule has 114 valence electrons. The maximum atomic E-state index is 12.4. The van der Waals surface area contributed by atoms with Crippen LogP contribution < -0.4 is 11.1 Å². The van der Waals surface area contributed by atoms with E-state index in [0.29, 0.717) is 24.5 Å². The first kappa shape index (κ1) is 13.1. The summed E-state index contributed by atoms with van der Waals surface area (Å²) in [5.41, 5.74) is 9.59. The minimum Gasteiger partial charge on any atom is -0.397 e. The van der Waals surface area contributed by atoms with Crippen LogP contribution in [0.4, 0.5) is 17.1 Å². The van der Waals surface area contributed by atoms with E-state index in [2.05, 4.69) is 10.3 Å². The molecule has 4 N–H and O–H groups in total. The summed E-state index contributed by atoms with van der Waals surface area (Å²) in [5.74, 6) is -0.0181. The van der Waals surface area contributed by atoms with Gasteiger partial charge in [-0.05, 0) is 37.0 Å². The van der Waals surface area contributed by atoms with Gasteiger partial charge in [0, 0.05) is 25.3 Å². The zero-order valence-corrected chi connectivity index (χ0v) is 12.2. The largest absolute Gasteiger partial charge is 0.397 e. The average Bonchev–Trinajstić information content (AvgIpc) is 3.08. The standard InChI is InChI=1S/C15H18N6O/c16-10-8-11-9(3-1-4-18-11)7-12(10)19-13-14(17)20-5-2-6-21(20)15(13)22/h7-8,17-18H,1-6,16H2. The molecule has 0 unspecified atom stereocenters. The molecule has 0 saturated carbocycles. The van der Waals surface area contributed by atoms with E-state index >= 15 is 0 Å². The van der Waals surface area contributed by atoms with Crippen LogP contribution in [0, 0.1) is 5.41 Å². The third kappa shape index (κ3) is 1.85. The molecule has 0 bridgehead atoms. The van der Waals surface area contributed by atoms with Gasteiger partial charge < -0.3 is 11.1 Å². The molecule has 22 heavy (non-hydrogen) atoms. The SMILES string of the molecule is N=C1C(=Nc2cc3c(cc2N)NCCC3)C(=O)N2CCCN12. The lowest BCUT2D eigenvalue weighted by Gasteiger charge is -2.19. The Morgan fingerprint density at radius 1 is 1.23 bits per heavy atom. The predicted octanol–water partition coefficient (Wildman–Crippen LogP) is 1.14. The molecular weight excluding hydrogens is 280 g/mol. The molecule has 1 aromatic carbocycles. The number of aliphatic imine (C=N–C) groups is 1. The van der Waals surface area contributed by atoms with Gasteiger partial charge in [-0.1, -0.05) is 0 Å². The Hall–Kier alpha value is -2.57. The van der Waals surface area contributed by atoms with Gasteiger partial charge in [0.2, 0.25) is 0 Å². The number of hydrazine groups is 1. The van der Waals surface area contributed by atoms with E-state index in [0.717, 1.165) is 37.1 Å². The summed E-state index contributed by atoms with van der Waals surface area (Å²) in [7, 11) is 0. The highest BCUT2D eigenvalue weighted by molar-refractivity contribution is 6.68. The third-order valence-corrected chi connectivity index (χ3v) is 4.37. The molecule has 0 radical (unpaired) electrons. The van der Waals surface area contributed by atoms with Gasteiger partial charge in [0.25, 0.3) is 5.91 Å². The van der Waals surface area contributed by atoms with Crippen LogP contribution >= 0.6 is 0 Å². The summed E-state index contributed by atoms with van der Waals surface area (Å²) in [6, 6.07) is 3.81. The van der Waals surface area contributed by atoms with Crippen LogP contribution in [0.5, 0.6) is 0 Å². The van der Waals surface area contributed by atoms with Crippen molar-refractivity contribution >= 4 is 34.5 Å². The average molecular weight is 298 g/mol. The first-order chi connectivity index (χ1) is 10.6. The van der Waals surface area contributed by atoms with Gasteiger partial charge >= 0.3 is 0 Å². The molecule has 0 atom stereocenters. The number of benzene rings is 1. The first-order valence-corrected chi connectivity index (χ1v) is 7.58. The van der Waals surface area contributed by atoms with Crippen molar-refractivity contribution in [2.75, 3.05) is 30.7 Å². The molecule has 3 aliphatic rings. The summed E-state index contributed by atoms with van der Waals surface area (Å²) in [4.78, 5) is 16.8. The Labute approximate surface area is 128 Å². The summed E-state index contributed by atoms with van der Waals surface area (Å²) < 4.78 is 0. The number of anilines is 2. The number of fused-ring (bicyclic) bond motifs is 2. The molecule has 3 heterocycles. The van der Waals surface area contributed by atoms with E-state index in [-0.39, 0.29) is 17.5 Å². The molecule has 1 aromatic rings. The molecular formula is C15H18N6O. The van der Waals surface area contributed by atoms with Crippen LogP contribution in [0.15, 0.2) is 17.1 Å². The number of nitrogens with zero attached hydrogens (tertiary/aromatic N) is 3. The van der Waals surface area contributed by atoms with Gasteiger partial charge in [-0.3, -0.25) is 15.2 Å². The van der Waals surface area contributed by atoms with Crippen molar-refractivity contribution in [2.45, 2.75) is 19.3 Å². The minimum absolute atomic E-state index is 0.178. The van der Waals surface area contributed by atoms with Gasteiger partial charge in [0.05, 0.1) is 11.4 Å². The van der Waals surface area contributed by atoms with E-state index in [4.69, 9.17) is 11.1 Å². The molecule has 0 aliphatic carbocycles. The fraction of sp³-hybridized carbons (Fsp3) is 0.400. The van der Waals surface area contributed by atoms with Crippen molar-refractivity contribution < 1.29 is 4.79 Å². The van der Waals surface area contributed by atoms with E-state index in [9.17, 15) is 4.79 Å². The van der Waals surface area contributed by atoms with Crippen LogP contribution in [0.3, 0.4) is 0 Å². The summed E-state index contributed by atoms with van der Waals surface area (Å²) in [5, 5.41) is 14.8. The van der Waals surface area contributed by atoms with Gasteiger partial charge in [-0.2, -0.15) is 0 Å². The fourth-order valence-electron chi connectivity index (χ4n) is 3.24. The zero-order valence-electron chi connectivity index (χ0n) is 12.2. The number of rotatable bonds is 1. The molecule has 0 spiro atoms. The van der Waals surface area contributed by atoms with Gasteiger partial charge in [0.1, 0.15) is 0 Å². The first-order valence-electron chi connectivity index (χ1n) is 7.58. The summed E-state index contributed by atoms with van der Waals surface area (Å²) in [6.45, 7) is 2.31. The van der Waals surface area contributed by atoms with Crippen molar-refractivity contribution in [3.8, 4) is 0 Å². The quantitative estimate of drug-likeness (QED) is 0.677. The predicted molar refractivity (Wildman–Crippen MR) is 85.5 cm³/mol. The Balaban J connectivity index is 1.74. The number of nitrogens with two attached hydrogens (primary N) is 1. The number of hydrogen-bond acceptors (Lipinski definition) is 5. The molecule has 2 fully saturated rings. The number of nitrogens with one attached hydrogen (secondary N) is 2. The normalized spacial score (nSPS) is 22.1. The van der Waals surface area contributed by atoms with Crippen molar-refractivity contribution in [1.82, 2.24) is 10.0 Å². The summed E-state index contributed by atoms with van der Waals surface area (Å²) >= 11 is 0. The maximum absolute atomic E-state index is 12.4. The third-order valence-electron chi connectivity index (χ3n) is 4.37. The maximum Gasteiger partial charge on any atom is 0.294 e. The molecule has 4 rings (SSSR count). The van der Waals surface area contributed by atoms with Crippen molar-refractivity contribution in [3.63, 3.8) is 0 Å². The van der Waals surface area contributed by atoms with E-state index in [1.54, 1.807) is 10.0 Å². The van der Waals surface area contributed by atoms with E-state index in [1.165, 1.54) is 0 Å². The summed E-state index contributed by atoms with van der Waals surface area (Å²) in [6.07, 6.45) is 2.95.